The number of anilines is 1. The summed E-state index contributed by atoms with van der Waals surface area (Å²) in [5.41, 5.74) is 0.352. The normalized spacial score (nSPS) is 17.1. The number of nitrogens with zero attached hydrogens (tertiary/aromatic N) is 2. The van der Waals surface area contributed by atoms with E-state index >= 15 is 0 Å². The Morgan fingerprint density at radius 1 is 1.48 bits per heavy atom. The number of halogens is 1. The Labute approximate surface area is 156 Å². The van der Waals surface area contributed by atoms with E-state index in [1.165, 1.54) is 25.3 Å². The molecule has 2 N–H and O–H groups in total. The number of carboxylic acid groups (broad SMARTS) is 1. The fraction of sp³-hybridized carbons (Fsp3) is 0.474. The fourth-order valence-electron chi connectivity index (χ4n) is 3.56. The molecule has 8 heteroatoms. The molecule has 1 fully saturated rings. The van der Waals surface area contributed by atoms with Crippen LogP contribution < -0.4 is 9.64 Å². The smallest absolute Gasteiger partial charge is 0.343 e. The molecule has 2 heterocycles. The molecule has 0 radical (unpaired) electrons. The molecule has 1 aliphatic heterocycles. The number of hydrogen-bond donors (Lipinski definition) is 2. The molecule has 0 bridgehead atoms. The minimum atomic E-state index is -1.15. The van der Waals surface area contributed by atoms with E-state index in [1.54, 1.807) is 0 Å². The van der Waals surface area contributed by atoms with Crippen molar-refractivity contribution in [2.24, 2.45) is 5.92 Å². The SMILES string of the molecule is COc1cc(-c2onc(N3CCCC(CCCO)C3)c2C(=O)O)ccc1F. The molecule has 146 valence electrons. The first-order valence-electron chi connectivity index (χ1n) is 8.97. The lowest BCUT2D eigenvalue weighted by atomic mass is 9.93. The van der Waals surface area contributed by atoms with Crippen LogP contribution in [0.3, 0.4) is 0 Å². The fourth-order valence-corrected chi connectivity index (χ4v) is 3.56. The monoisotopic (exact) mass is 378 g/mol. The van der Waals surface area contributed by atoms with Gasteiger partial charge in [-0.25, -0.2) is 9.18 Å². The highest BCUT2D eigenvalue weighted by atomic mass is 19.1. The van der Waals surface area contributed by atoms with Crippen molar-refractivity contribution in [1.29, 1.82) is 0 Å². The standard InChI is InChI=1S/C19H23FN2O5/c1-26-15-10-13(6-7-14(15)20)17-16(19(24)25)18(21-27-17)22-8-2-4-12(11-22)5-3-9-23/h6-7,10,12,23H,2-5,8-9,11H2,1H3,(H,24,25). The lowest BCUT2D eigenvalue weighted by Crippen LogP contribution is -2.36. The Bertz CT molecular complexity index is 807. The zero-order valence-electron chi connectivity index (χ0n) is 15.2. The van der Waals surface area contributed by atoms with E-state index < -0.39 is 11.8 Å². The molecule has 1 atom stereocenters. The van der Waals surface area contributed by atoms with Crippen molar-refractivity contribution in [3.63, 3.8) is 0 Å². The van der Waals surface area contributed by atoms with Gasteiger partial charge in [0.25, 0.3) is 0 Å². The number of aromatic carboxylic acids is 1. The predicted octanol–water partition coefficient (Wildman–Crippen LogP) is 3.18. The second-order valence-corrected chi connectivity index (χ2v) is 6.68. The van der Waals surface area contributed by atoms with Crippen molar-refractivity contribution in [2.75, 3.05) is 31.7 Å². The molecule has 0 spiro atoms. The lowest BCUT2D eigenvalue weighted by Gasteiger charge is -2.32. The molecule has 1 aromatic carbocycles. The molecule has 1 unspecified atom stereocenters. The molecule has 27 heavy (non-hydrogen) atoms. The largest absolute Gasteiger partial charge is 0.494 e. The van der Waals surface area contributed by atoms with Gasteiger partial charge >= 0.3 is 5.97 Å². The first kappa shape index (κ1) is 19.2. The molecule has 1 aromatic heterocycles. The van der Waals surface area contributed by atoms with Crippen molar-refractivity contribution in [3.05, 3.63) is 29.6 Å². The van der Waals surface area contributed by atoms with Crippen LogP contribution in [0, 0.1) is 11.7 Å². The summed E-state index contributed by atoms with van der Waals surface area (Å²) in [7, 11) is 1.34. The molecule has 0 aliphatic carbocycles. The number of hydrogen-bond acceptors (Lipinski definition) is 6. The molecule has 0 saturated carbocycles. The maximum absolute atomic E-state index is 13.7. The van der Waals surface area contributed by atoms with Crippen LogP contribution in [0.1, 0.15) is 36.0 Å². The van der Waals surface area contributed by atoms with Crippen LogP contribution >= 0.6 is 0 Å². The van der Waals surface area contributed by atoms with Crippen molar-refractivity contribution in [2.45, 2.75) is 25.7 Å². The number of carbonyl (C=O) groups is 1. The predicted molar refractivity (Wildman–Crippen MR) is 96.7 cm³/mol. The van der Waals surface area contributed by atoms with Crippen molar-refractivity contribution < 1.29 is 28.7 Å². The molecule has 2 aromatic rings. The Hall–Kier alpha value is -2.61. The summed E-state index contributed by atoms with van der Waals surface area (Å²) in [6.07, 6.45) is 3.57. The van der Waals surface area contributed by atoms with Gasteiger partial charge in [-0.2, -0.15) is 0 Å². The molecule has 1 saturated heterocycles. The van der Waals surface area contributed by atoms with Gasteiger partial charge in [0.1, 0.15) is 0 Å². The van der Waals surface area contributed by atoms with Crippen LogP contribution in [-0.4, -0.2) is 48.1 Å². The van der Waals surface area contributed by atoms with Crippen LogP contribution in [0.2, 0.25) is 0 Å². The molecular weight excluding hydrogens is 355 g/mol. The highest BCUT2D eigenvalue weighted by Crippen LogP contribution is 2.35. The molecular formula is C19H23FN2O5. The summed E-state index contributed by atoms with van der Waals surface area (Å²) in [6, 6.07) is 4.04. The summed E-state index contributed by atoms with van der Waals surface area (Å²) in [4.78, 5) is 13.8. The highest BCUT2D eigenvalue weighted by Gasteiger charge is 2.30. The second kappa shape index (κ2) is 8.39. The van der Waals surface area contributed by atoms with Gasteiger partial charge in [-0.1, -0.05) is 5.16 Å². The van der Waals surface area contributed by atoms with Crippen LogP contribution in [0.4, 0.5) is 10.2 Å². The summed E-state index contributed by atoms with van der Waals surface area (Å²) < 4.78 is 24.0. The summed E-state index contributed by atoms with van der Waals surface area (Å²) >= 11 is 0. The van der Waals surface area contributed by atoms with Gasteiger partial charge in [0.05, 0.1) is 7.11 Å². The van der Waals surface area contributed by atoms with Crippen LogP contribution in [0.25, 0.3) is 11.3 Å². The number of aliphatic hydroxyl groups is 1. The molecule has 1 aliphatic rings. The van der Waals surface area contributed by atoms with E-state index in [1.807, 2.05) is 4.90 Å². The third kappa shape index (κ3) is 4.05. The molecule has 7 nitrogen and oxygen atoms in total. The number of methoxy groups -OCH3 is 1. The number of piperidine rings is 1. The minimum Gasteiger partial charge on any atom is -0.494 e. The van der Waals surface area contributed by atoms with Gasteiger partial charge < -0.3 is 24.4 Å². The van der Waals surface area contributed by atoms with Gasteiger partial charge in [0.2, 0.25) is 0 Å². The maximum Gasteiger partial charge on any atom is 0.343 e. The summed E-state index contributed by atoms with van der Waals surface area (Å²) in [5.74, 6) is -0.951. The average Bonchev–Trinajstić information content (AvgIpc) is 3.12. The van der Waals surface area contributed by atoms with Crippen LogP contribution in [0.5, 0.6) is 5.75 Å². The second-order valence-electron chi connectivity index (χ2n) is 6.68. The lowest BCUT2D eigenvalue weighted by molar-refractivity contribution is 0.0697. The van der Waals surface area contributed by atoms with Gasteiger partial charge in [0, 0.05) is 25.3 Å². The zero-order valence-corrected chi connectivity index (χ0v) is 15.2. The quantitative estimate of drug-likeness (QED) is 0.764. The van der Waals surface area contributed by atoms with Gasteiger partial charge in [-0.15, -0.1) is 0 Å². The molecule has 3 rings (SSSR count). The van der Waals surface area contributed by atoms with Crippen LogP contribution in [0.15, 0.2) is 22.7 Å². The minimum absolute atomic E-state index is 0.00355. The maximum atomic E-state index is 13.7. The number of aromatic nitrogens is 1. The topological polar surface area (TPSA) is 96.0 Å². The highest BCUT2D eigenvalue weighted by molar-refractivity contribution is 5.99. The Morgan fingerprint density at radius 3 is 3.00 bits per heavy atom. The Morgan fingerprint density at radius 2 is 2.30 bits per heavy atom. The number of rotatable bonds is 7. The summed E-state index contributed by atoms with van der Waals surface area (Å²) in [5, 5.41) is 22.8. The van der Waals surface area contributed by atoms with E-state index in [0.29, 0.717) is 24.6 Å². The third-order valence-electron chi connectivity index (χ3n) is 4.89. The first-order valence-corrected chi connectivity index (χ1v) is 8.97. The number of benzene rings is 1. The van der Waals surface area contributed by atoms with Crippen molar-refractivity contribution in [3.8, 4) is 17.1 Å². The van der Waals surface area contributed by atoms with E-state index in [-0.39, 0.29) is 29.5 Å². The Kier molecular flexibility index (Phi) is 5.95. The van der Waals surface area contributed by atoms with Crippen molar-refractivity contribution in [1.82, 2.24) is 5.16 Å². The number of aliphatic hydroxyl groups excluding tert-OH is 1. The van der Waals surface area contributed by atoms with Gasteiger partial charge in [0.15, 0.2) is 28.7 Å². The summed E-state index contributed by atoms with van der Waals surface area (Å²) in [6.45, 7) is 1.50. The van der Waals surface area contributed by atoms with Gasteiger partial charge in [-0.3, -0.25) is 0 Å². The number of ether oxygens (including phenoxy) is 1. The van der Waals surface area contributed by atoms with E-state index in [9.17, 15) is 14.3 Å². The number of carboxylic acids is 1. The third-order valence-corrected chi connectivity index (χ3v) is 4.89. The van der Waals surface area contributed by atoms with E-state index in [2.05, 4.69) is 5.16 Å². The van der Waals surface area contributed by atoms with Crippen molar-refractivity contribution >= 4 is 11.8 Å². The first-order chi connectivity index (χ1) is 13.0. The van der Waals surface area contributed by atoms with Crippen LogP contribution in [-0.2, 0) is 0 Å². The Balaban J connectivity index is 1.93. The zero-order chi connectivity index (χ0) is 19.4. The van der Waals surface area contributed by atoms with E-state index in [0.717, 1.165) is 25.7 Å². The average molecular weight is 378 g/mol. The van der Waals surface area contributed by atoms with Gasteiger partial charge in [-0.05, 0) is 49.8 Å². The van der Waals surface area contributed by atoms with E-state index in [4.69, 9.17) is 14.4 Å². The molecule has 0 amide bonds.